The first-order chi connectivity index (χ1) is 10.4. The van der Waals surface area contributed by atoms with Gasteiger partial charge in [0, 0.05) is 11.8 Å². The molecule has 22 heavy (non-hydrogen) atoms. The summed E-state index contributed by atoms with van der Waals surface area (Å²) >= 11 is 0. The molecule has 0 fully saturated rings. The lowest BCUT2D eigenvalue weighted by Gasteiger charge is -2.14. The smallest absolute Gasteiger partial charge is 0.307 e. The third kappa shape index (κ3) is 3.32. The van der Waals surface area contributed by atoms with Gasteiger partial charge in [0.2, 0.25) is 0 Å². The highest BCUT2D eigenvalue weighted by molar-refractivity contribution is 6.17. The van der Waals surface area contributed by atoms with Gasteiger partial charge in [-0.25, -0.2) is 0 Å². The quantitative estimate of drug-likeness (QED) is 0.652. The average Bonchev–Trinajstić information content (AvgIpc) is 2.70. The maximum absolute atomic E-state index is 12.1. The van der Waals surface area contributed by atoms with Gasteiger partial charge in [0.1, 0.15) is 5.70 Å². The number of aryl methyl sites for hydroxylation is 1. The molecule has 1 aromatic rings. The van der Waals surface area contributed by atoms with Crippen molar-refractivity contribution in [2.75, 3.05) is 18.5 Å². The lowest BCUT2D eigenvalue weighted by Crippen LogP contribution is -2.34. The molecule has 1 aliphatic rings. The Morgan fingerprint density at radius 2 is 2.05 bits per heavy atom. The first-order valence-electron chi connectivity index (χ1n) is 6.69. The molecule has 1 aliphatic heterocycles. The normalized spacial score (nSPS) is 14.3. The fourth-order valence-electron chi connectivity index (χ4n) is 2.14. The van der Waals surface area contributed by atoms with E-state index >= 15 is 0 Å². The van der Waals surface area contributed by atoms with Crippen molar-refractivity contribution in [3.8, 4) is 0 Å². The van der Waals surface area contributed by atoms with E-state index in [0.29, 0.717) is 11.3 Å². The molecule has 3 N–H and O–H groups in total. The van der Waals surface area contributed by atoms with E-state index in [9.17, 15) is 14.4 Å². The Hall–Kier alpha value is -2.67. The van der Waals surface area contributed by atoms with E-state index in [2.05, 4.69) is 5.32 Å². The van der Waals surface area contributed by atoms with Crippen LogP contribution in [0.3, 0.4) is 0 Å². The Balaban J connectivity index is 2.20. The predicted octanol–water partition coefficient (Wildman–Crippen LogP) is 0.279. The van der Waals surface area contributed by atoms with Crippen molar-refractivity contribution < 1.29 is 24.6 Å². The topological polar surface area (TPSA) is 107 Å². The van der Waals surface area contributed by atoms with Crippen LogP contribution in [0.4, 0.5) is 5.69 Å². The van der Waals surface area contributed by atoms with E-state index < -0.39 is 17.8 Å². The molecule has 0 spiro atoms. The molecule has 2 rings (SSSR count). The second kappa shape index (κ2) is 6.40. The summed E-state index contributed by atoms with van der Waals surface area (Å²) in [6, 6.07) is 5.08. The summed E-state index contributed by atoms with van der Waals surface area (Å²) in [4.78, 5) is 35.4. The van der Waals surface area contributed by atoms with E-state index in [1.54, 1.807) is 25.1 Å². The monoisotopic (exact) mass is 304 g/mol. The molecule has 0 atom stereocenters. The summed E-state index contributed by atoms with van der Waals surface area (Å²) in [6.45, 7) is 1.45. The molecule has 7 nitrogen and oxygen atoms in total. The number of carboxylic acids is 1. The molecule has 1 heterocycles. The van der Waals surface area contributed by atoms with Gasteiger partial charge in [-0.2, -0.15) is 0 Å². The molecule has 0 saturated heterocycles. The fourth-order valence-corrected chi connectivity index (χ4v) is 2.14. The number of benzene rings is 1. The number of hydrogen-bond acceptors (Lipinski definition) is 5. The maximum atomic E-state index is 12.1. The first-order valence-corrected chi connectivity index (χ1v) is 6.69. The number of aliphatic carboxylic acids is 1. The van der Waals surface area contributed by atoms with E-state index in [0.717, 1.165) is 10.5 Å². The third-order valence-electron chi connectivity index (χ3n) is 3.26. The third-order valence-corrected chi connectivity index (χ3v) is 3.26. The summed E-state index contributed by atoms with van der Waals surface area (Å²) in [5.41, 5.74) is 2.08. The van der Waals surface area contributed by atoms with Gasteiger partial charge in [-0.15, -0.1) is 0 Å². The first kappa shape index (κ1) is 15.7. The van der Waals surface area contributed by atoms with Crippen molar-refractivity contribution in [2.45, 2.75) is 13.3 Å². The number of amides is 2. The Kier molecular flexibility index (Phi) is 4.57. The molecule has 0 bridgehead atoms. The fraction of sp³-hybridized carbons (Fsp3) is 0.267. The number of anilines is 1. The van der Waals surface area contributed by atoms with Gasteiger partial charge in [0.25, 0.3) is 11.8 Å². The van der Waals surface area contributed by atoms with Crippen molar-refractivity contribution in [1.82, 2.24) is 4.90 Å². The van der Waals surface area contributed by atoms with Gasteiger partial charge >= 0.3 is 5.97 Å². The maximum Gasteiger partial charge on any atom is 0.307 e. The SMILES string of the molecule is Cc1ccc(CC(=O)O)cc1NC1=CC(=O)N(CCO)C1=O. The summed E-state index contributed by atoms with van der Waals surface area (Å²) < 4.78 is 0. The standard InChI is InChI=1S/C15H16N2O5/c1-9-2-3-10(7-14(20)21)6-11(9)16-12-8-13(19)17(4-5-18)15(12)22/h2-3,6,8,16,18H,4-5,7H2,1H3,(H,20,21). The molecule has 0 unspecified atom stereocenters. The molecule has 0 aromatic heterocycles. The van der Waals surface area contributed by atoms with Crippen molar-refractivity contribution in [3.63, 3.8) is 0 Å². The van der Waals surface area contributed by atoms with Crippen LogP contribution < -0.4 is 5.32 Å². The summed E-state index contributed by atoms with van der Waals surface area (Å²) in [7, 11) is 0. The van der Waals surface area contributed by atoms with Crippen LogP contribution in [0.25, 0.3) is 0 Å². The van der Waals surface area contributed by atoms with Crippen LogP contribution in [-0.4, -0.2) is 46.0 Å². The molecule has 2 amide bonds. The van der Waals surface area contributed by atoms with Crippen LogP contribution in [-0.2, 0) is 20.8 Å². The molecule has 0 radical (unpaired) electrons. The molecule has 7 heteroatoms. The highest BCUT2D eigenvalue weighted by Gasteiger charge is 2.30. The molecule has 116 valence electrons. The van der Waals surface area contributed by atoms with Crippen molar-refractivity contribution in [2.24, 2.45) is 0 Å². The Morgan fingerprint density at radius 1 is 1.32 bits per heavy atom. The number of carboxylic acid groups (broad SMARTS) is 1. The number of hydrogen-bond donors (Lipinski definition) is 3. The highest BCUT2D eigenvalue weighted by Crippen LogP contribution is 2.22. The zero-order valence-corrected chi connectivity index (χ0v) is 12.0. The number of aliphatic hydroxyl groups excluding tert-OH is 1. The minimum atomic E-state index is -0.949. The summed E-state index contributed by atoms with van der Waals surface area (Å²) in [5, 5.41) is 20.5. The Morgan fingerprint density at radius 3 is 2.68 bits per heavy atom. The number of nitrogens with one attached hydrogen (secondary N) is 1. The lowest BCUT2D eigenvalue weighted by molar-refractivity contribution is -0.138. The lowest BCUT2D eigenvalue weighted by atomic mass is 10.1. The summed E-state index contributed by atoms with van der Waals surface area (Å²) in [5.74, 6) is -1.95. The van der Waals surface area contributed by atoms with Crippen molar-refractivity contribution in [1.29, 1.82) is 0 Å². The predicted molar refractivity (Wildman–Crippen MR) is 78.0 cm³/mol. The molecule has 0 saturated carbocycles. The van der Waals surface area contributed by atoms with Gasteiger partial charge in [-0.3, -0.25) is 19.3 Å². The van der Waals surface area contributed by atoms with Crippen LogP contribution in [0.5, 0.6) is 0 Å². The van der Waals surface area contributed by atoms with E-state index in [1.807, 2.05) is 0 Å². The van der Waals surface area contributed by atoms with E-state index in [4.69, 9.17) is 10.2 Å². The summed E-state index contributed by atoms with van der Waals surface area (Å²) in [6.07, 6.45) is 1.04. The zero-order chi connectivity index (χ0) is 16.3. The molecular weight excluding hydrogens is 288 g/mol. The van der Waals surface area contributed by atoms with Crippen molar-refractivity contribution in [3.05, 3.63) is 41.1 Å². The second-order valence-corrected chi connectivity index (χ2v) is 4.92. The van der Waals surface area contributed by atoms with E-state index in [-0.39, 0.29) is 25.3 Å². The highest BCUT2D eigenvalue weighted by atomic mass is 16.4. The molecule has 0 aliphatic carbocycles. The van der Waals surface area contributed by atoms with Crippen LogP contribution >= 0.6 is 0 Å². The minimum absolute atomic E-state index is 0.0582. The van der Waals surface area contributed by atoms with Crippen LogP contribution in [0.15, 0.2) is 30.0 Å². The van der Waals surface area contributed by atoms with Crippen molar-refractivity contribution >= 4 is 23.5 Å². The van der Waals surface area contributed by atoms with Gasteiger partial charge in [-0.05, 0) is 24.1 Å². The largest absolute Gasteiger partial charge is 0.481 e. The Bertz CT molecular complexity index is 666. The second-order valence-electron chi connectivity index (χ2n) is 4.92. The van der Waals surface area contributed by atoms with Gasteiger partial charge in [-0.1, -0.05) is 12.1 Å². The number of nitrogens with zero attached hydrogens (tertiary/aromatic N) is 1. The number of rotatable bonds is 6. The molecular formula is C15H16N2O5. The average molecular weight is 304 g/mol. The minimum Gasteiger partial charge on any atom is -0.481 e. The van der Waals surface area contributed by atoms with Crippen LogP contribution in [0.2, 0.25) is 0 Å². The number of imide groups is 1. The number of β-amino-alcohol motifs (C(OH)–C–C–N with tert-alkyl or cyclic N) is 1. The number of carbonyl (C=O) groups excluding carboxylic acids is 2. The number of carbonyl (C=O) groups is 3. The zero-order valence-electron chi connectivity index (χ0n) is 12.0. The van der Waals surface area contributed by atoms with Crippen LogP contribution in [0, 0.1) is 6.92 Å². The van der Waals surface area contributed by atoms with Gasteiger partial charge < -0.3 is 15.5 Å². The Labute approximate surface area is 126 Å². The van der Waals surface area contributed by atoms with Gasteiger partial charge in [0.05, 0.1) is 19.6 Å². The van der Waals surface area contributed by atoms with E-state index in [1.165, 1.54) is 6.08 Å². The van der Waals surface area contributed by atoms with Crippen LogP contribution in [0.1, 0.15) is 11.1 Å². The number of aliphatic hydroxyl groups is 1. The molecule has 1 aromatic carbocycles. The van der Waals surface area contributed by atoms with Gasteiger partial charge in [0.15, 0.2) is 0 Å².